The number of benzene rings is 1. The standard InChI is InChI=1S/C15H18BNO3/c1-9(14(19)20-15(2,3)4)17-8-10-5-6-11(16)7-12(10)13(17)18/h5-7,9H,8H2,1-4H3/t9-/m0/s1. The summed E-state index contributed by atoms with van der Waals surface area (Å²) >= 11 is 0. The van der Waals surface area contributed by atoms with Crippen LogP contribution in [0, 0.1) is 0 Å². The van der Waals surface area contributed by atoms with E-state index in [2.05, 4.69) is 0 Å². The molecule has 1 aliphatic rings. The lowest BCUT2D eigenvalue weighted by Crippen LogP contribution is -2.42. The molecule has 0 spiro atoms. The molecule has 1 amide bonds. The molecule has 1 aromatic carbocycles. The third kappa shape index (κ3) is 2.87. The number of amides is 1. The van der Waals surface area contributed by atoms with Crippen LogP contribution < -0.4 is 5.46 Å². The predicted molar refractivity (Wildman–Crippen MR) is 77.0 cm³/mol. The number of fused-ring (bicyclic) bond motifs is 1. The zero-order chi connectivity index (χ0) is 15.1. The second-order valence-corrected chi connectivity index (χ2v) is 6.06. The Labute approximate surface area is 120 Å². The molecule has 0 N–H and O–H groups in total. The molecule has 1 aliphatic heterocycles. The van der Waals surface area contributed by atoms with Gasteiger partial charge in [0.05, 0.1) is 0 Å². The van der Waals surface area contributed by atoms with Crippen molar-refractivity contribution in [2.24, 2.45) is 0 Å². The number of nitrogens with zero attached hydrogens (tertiary/aromatic N) is 1. The van der Waals surface area contributed by atoms with E-state index in [0.29, 0.717) is 17.6 Å². The Morgan fingerprint density at radius 3 is 2.65 bits per heavy atom. The fourth-order valence-electron chi connectivity index (χ4n) is 2.17. The predicted octanol–water partition coefficient (Wildman–Crippen LogP) is 1.17. The number of esters is 1. The molecular formula is C15H18BNO3. The van der Waals surface area contributed by atoms with Crippen LogP contribution in [-0.4, -0.2) is 36.3 Å². The molecule has 0 unspecified atom stereocenters. The van der Waals surface area contributed by atoms with E-state index in [9.17, 15) is 9.59 Å². The van der Waals surface area contributed by atoms with Crippen LogP contribution in [0.1, 0.15) is 43.6 Å². The Bertz CT molecular complexity index is 563. The van der Waals surface area contributed by atoms with Crippen LogP contribution in [0.5, 0.6) is 0 Å². The average Bonchev–Trinajstić information content (AvgIpc) is 2.64. The first-order valence-corrected chi connectivity index (χ1v) is 6.61. The van der Waals surface area contributed by atoms with E-state index in [4.69, 9.17) is 12.6 Å². The van der Waals surface area contributed by atoms with Crippen molar-refractivity contribution in [3.63, 3.8) is 0 Å². The highest BCUT2D eigenvalue weighted by Gasteiger charge is 2.35. The maximum atomic E-state index is 12.3. The SMILES string of the molecule is [B]c1ccc2c(c1)C(=O)N([C@@H](C)C(=O)OC(C)(C)C)C2. The van der Waals surface area contributed by atoms with Crippen LogP contribution in [0.2, 0.25) is 0 Å². The number of ether oxygens (including phenoxy) is 1. The van der Waals surface area contributed by atoms with Gasteiger partial charge in [-0.15, -0.1) is 0 Å². The summed E-state index contributed by atoms with van der Waals surface area (Å²) in [7, 11) is 5.70. The van der Waals surface area contributed by atoms with Crippen molar-refractivity contribution in [2.75, 3.05) is 0 Å². The van der Waals surface area contributed by atoms with Gasteiger partial charge in [-0.05, 0) is 33.3 Å². The normalized spacial score (nSPS) is 16.0. The first-order valence-electron chi connectivity index (χ1n) is 6.61. The van der Waals surface area contributed by atoms with Gasteiger partial charge < -0.3 is 9.64 Å². The molecule has 0 aromatic heterocycles. The maximum Gasteiger partial charge on any atom is 0.329 e. The number of hydrogen-bond acceptors (Lipinski definition) is 3. The molecule has 104 valence electrons. The highest BCUT2D eigenvalue weighted by molar-refractivity contribution is 6.32. The Hall–Kier alpha value is -1.78. The molecule has 2 rings (SSSR count). The van der Waals surface area contributed by atoms with Crippen molar-refractivity contribution in [1.82, 2.24) is 4.90 Å². The minimum atomic E-state index is -0.615. The van der Waals surface area contributed by atoms with E-state index in [0.717, 1.165) is 5.56 Å². The fraction of sp³-hybridized carbons (Fsp3) is 0.467. The van der Waals surface area contributed by atoms with Gasteiger partial charge in [-0.25, -0.2) is 4.79 Å². The lowest BCUT2D eigenvalue weighted by molar-refractivity contribution is -0.159. The van der Waals surface area contributed by atoms with Crippen molar-refractivity contribution in [2.45, 2.75) is 45.9 Å². The van der Waals surface area contributed by atoms with Gasteiger partial charge in [0, 0.05) is 12.1 Å². The number of hydrogen-bond donors (Lipinski definition) is 0. The van der Waals surface area contributed by atoms with Crippen LogP contribution in [0.25, 0.3) is 0 Å². The maximum absolute atomic E-state index is 12.3. The Morgan fingerprint density at radius 1 is 1.40 bits per heavy atom. The van der Waals surface area contributed by atoms with Crippen molar-refractivity contribution >= 4 is 25.2 Å². The van der Waals surface area contributed by atoms with Crippen molar-refractivity contribution in [1.29, 1.82) is 0 Å². The highest BCUT2D eigenvalue weighted by Crippen LogP contribution is 2.24. The Kier molecular flexibility index (Phi) is 3.63. The quantitative estimate of drug-likeness (QED) is 0.599. The lowest BCUT2D eigenvalue weighted by atomic mass is 9.93. The molecule has 0 saturated heterocycles. The molecule has 0 saturated carbocycles. The van der Waals surface area contributed by atoms with Gasteiger partial charge in [0.1, 0.15) is 19.5 Å². The summed E-state index contributed by atoms with van der Waals surface area (Å²) in [6.07, 6.45) is 0. The van der Waals surface area contributed by atoms with E-state index >= 15 is 0 Å². The van der Waals surface area contributed by atoms with Crippen molar-refractivity contribution < 1.29 is 14.3 Å². The summed E-state index contributed by atoms with van der Waals surface area (Å²) in [5.41, 5.74) is 1.44. The van der Waals surface area contributed by atoms with Crippen LogP contribution in [-0.2, 0) is 16.1 Å². The first kappa shape index (κ1) is 14.6. The highest BCUT2D eigenvalue weighted by atomic mass is 16.6. The van der Waals surface area contributed by atoms with Crippen LogP contribution in [0.4, 0.5) is 0 Å². The van der Waals surface area contributed by atoms with E-state index < -0.39 is 17.6 Å². The van der Waals surface area contributed by atoms with Gasteiger partial charge in [0.25, 0.3) is 5.91 Å². The second-order valence-electron chi connectivity index (χ2n) is 6.06. The second kappa shape index (κ2) is 4.96. The van der Waals surface area contributed by atoms with E-state index in [1.54, 1.807) is 39.8 Å². The molecule has 0 bridgehead atoms. The molecule has 0 fully saturated rings. The fourth-order valence-corrected chi connectivity index (χ4v) is 2.17. The summed E-state index contributed by atoms with van der Waals surface area (Å²) in [5.74, 6) is -0.572. The van der Waals surface area contributed by atoms with E-state index in [-0.39, 0.29) is 5.91 Å². The smallest absolute Gasteiger partial charge is 0.329 e. The zero-order valence-corrected chi connectivity index (χ0v) is 12.3. The number of carbonyl (C=O) groups is 2. The van der Waals surface area contributed by atoms with E-state index in [1.807, 2.05) is 6.07 Å². The third-order valence-corrected chi connectivity index (χ3v) is 3.18. The van der Waals surface area contributed by atoms with Crippen LogP contribution in [0.3, 0.4) is 0 Å². The first-order chi connectivity index (χ1) is 9.19. The molecule has 5 heteroatoms. The van der Waals surface area contributed by atoms with Gasteiger partial charge in [-0.2, -0.15) is 0 Å². The average molecular weight is 271 g/mol. The summed E-state index contributed by atoms with van der Waals surface area (Å²) in [6.45, 7) is 7.51. The minimum Gasteiger partial charge on any atom is -0.458 e. The van der Waals surface area contributed by atoms with E-state index in [1.165, 1.54) is 4.90 Å². The third-order valence-electron chi connectivity index (χ3n) is 3.18. The summed E-state index contributed by atoms with van der Waals surface area (Å²) in [6, 6.07) is 4.62. The van der Waals surface area contributed by atoms with Crippen LogP contribution in [0.15, 0.2) is 18.2 Å². The summed E-state index contributed by atoms with van der Waals surface area (Å²) < 4.78 is 5.33. The largest absolute Gasteiger partial charge is 0.458 e. The summed E-state index contributed by atoms with van der Waals surface area (Å²) in [5, 5.41) is 0. The van der Waals surface area contributed by atoms with Crippen molar-refractivity contribution in [3.8, 4) is 0 Å². The number of carbonyl (C=O) groups excluding carboxylic acids is 2. The van der Waals surface area contributed by atoms with Crippen molar-refractivity contribution in [3.05, 3.63) is 29.3 Å². The van der Waals surface area contributed by atoms with Crippen LogP contribution >= 0.6 is 0 Å². The van der Waals surface area contributed by atoms with Gasteiger partial charge in [-0.3, -0.25) is 4.79 Å². The zero-order valence-electron chi connectivity index (χ0n) is 12.3. The molecule has 20 heavy (non-hydrogen) atoms. The lowest BCUT2D eigenvalue weighted by Gasteiger charge is -2.27. The molecule has 1 heterocycles. The Balaban J connectivity index is 2.17. The van der Waals surface area contributed by atoms with Gasteiger partial charge in [0.15, 0.2) is 0 Å². The number of rotatable bonds is 2. The van der Waals surface area contributed by atoms with Gasteiger partial charge >= 0.3 is 5.97 Å². The van der Waals surface area contributed by atoms with Gasteiger partial charge in [0.2, 0.25) is 0 Å². The summed E-state index contributed by atoms with van der Waals surface area (Å²) in [4.78, 5) is 25.9. The topological polar surface area (TPSA) is 46.6 Å². The minimum absolute atomic E-state index is 0.175. The molecule has 1 aromatic rings. The molecule has 1 atom stereocenters. The molecule has 0 aliphatic carbocycles. The monoisotopic (exact) mass is 271 g/mol. The molecule has 4 nitrogen and oxygen atoms in total. The Morgan fingerprint density at radius 2 is 2.05 bits per heavy atom. The molecular weight excluding hydrogens is 253 g/mol. The van der Waals surface area contributed by atoms with Gasteiger partial charge in [-0.1, -0.05) is 23.7 Å². The molecule has 2 radical (unpaired) electrons.